The van der Waals surface area contributed by atoms with Crippen LogP contribution in [0.15, 0.2) is 46.6 Å². The Morgan fingerprint density at radius 1 is 1.14 bits per heavy atom. The van der Waals surface area contributed by atoms with Crippen molar-refractivity contribution in [2.24, 2.45) is 0 Å². The summed E-state index contributed by atoms with van der Waals surface area (Å²) in [5.41, 5.74) is 0.749. The summed E-state index contributed by atoms with van der Waals surface area (Å²) in [5.74, 6) is 0.388. The quantitative estimate of drug-likeness (QED) is 0.645. The summed E-state index contributed by atoms with van der Waals surface area (Å²) in [6, 6.07) is 10.5. The third-order valence-electron chi connectivity index (χ3n) is 4.47. The molecule has 10 heteroatoms. The molecule has 1 aliphatic heterocycles. The first-order valence-electron chi connectivity index (χ1n) is 9.27. The minimum Gasteiger partial charge on any atom is -0.378 e. The molecule has 4 rings (SSSR count). The Kier molecular flexibility index (Phi) is 5.92. The Hall–Kier alpha value is -3.11. The average Bonchev–Trinajstić information content (AvgIpc) is 3.31. The fourth-order valence-electron chi connectivity index (χ4n) is 2.94. The molecule has 1 aliphatic rings. The maximum Gasteiger partial charge on any atom is 0.271 e. The molecule has 1 N–H and O–H groups in total. The summed E-state index contributed by atoms with van der Waals surface area (Å²) in [6.07, 6.45) is 0. The lowest BCUT2D eigenvalue weighted by atomic mass is 10.3. The van der Waals surface area contributed by atoms with Crippen molar-refractivity contribution in [1.29, 1.82) is 0 Å². The average molecular weight is 412 g/mol. The minimum absolute atomic E-state index is 0.214. The van der Waals surface area contributed by atoms with Crippen LogP contribution in [0, 0.1) is 0 Å². The molecule has 3 aromatic heterocycles. The molecule has 1 amide bonds. The topological polar surface area (TPSA) is 102 Å². The molecule has 150 valence electrons. The number of nitrogens with zero attached hydrogens (tertiary/aromatic N) is 5. The van der Waals surface area contributed by atoms with Gasteiger partial charge in [-0.2, -0.15) is 5.10 Å². The molecule has 1 saturated heterocycles. The third-order valence-corrected chi connectivity index (χ3v) is 5.36. The van der Waals surface area contributed by atoms with E-state index in [0.717, 1.165) is 29.5 Å². The van der Waals surface area contributed by atoms with Gasteiger partial charge >= 0.3 is 0 Å². The van der Waals surface area contributed by atoms with Crippen molar-refractivity contribution in [2.75, 3.05) is 37.7 Å². The highest BCUT2D eigenvalue weighted by molar-refractivity contribution is 7.13. The van der Waals surface area contributed by atoms with Crippen LogP contribution in [0.5, 0.6) is 0 Å². The van der Waals surface area contributed by atoms with Crippen molar-refractivity contribution in [3.63, 3.8) is 0 Å². The van der Waals surface area contributed by atoms with Crippen molar-refractivity contribution in [3.05, 3.63) is 57.8 Å². The predicted molar refractivity (Wildman–Crippen MR) is 109 cm³/mol. The monoisotopic (exact) mass is 412 g/mol. The standard InChI is InChI=1S/C19H20N6O3S/c26-18-6-4-14(16-2-1-13-29-16)23-25(18)8-7-20-19(27)15-3-5-17(22-21-15)24-9-11-28-12-10-24/h1-6,13H,7-12H2,(H,20,27). The number of rotatable bonds is 6. The van der Waals surface area contributed by atoms with Gasteiger partial charge in [-0.15, -0.1) is 21.5 Å². The SMILES string of the molecule is O=C(NCCn1nc(-c2cccs2)ccc1=O)c1ccc(N2CCOCC2)nn1. The van der Waals surface area contributed by atoms with Crippen LogP contribution in [0.1, 0.15) is 10.5 Å². The van der Waals surface area contributed by atoms with Gasteiger partial charge in [0.15, 0.2) is 11.5 Å². The fraction of sp³-hybridized carbons (Fsp3) is 0.316. The minimum atomic E-state index is -0.339. The van der Waals surface area contributed by atoms with Crippen LogP contribution in [0.4, 0.5) is 5.82 Å². The van der Waals surface area contributed by atoms with Gasteiger partial charge in [0, 0.05) is 25.7 Å². The lowest BCUT2D eigenvalue weighted by molar-refractivity contribution is 0.0945. The fourth-order valence-corrected chi connectivity index (χ4v) is 3.63. The van der Waals surface area contributed by atoms with Crippen molar-refractivity contribution in [2.45, 2.75) is 6.54 Å². The van der Waals surface area contributed by atoms with E-state index in [1.807, 2.05) is 17.5 Å². The van der Waals surface area contributed by atoms with E-state index in [1.165, 1.54) is 10.7 Å². The summed E-state index contributed by atoms with van der Waals surface area (Å²) >= 11 is 1.55. The molecule has 0 saturated carbocycles. The van der Waals surface area contributed by atoms with Gasteiger partial charge in [-0.25, -0.2) is 4.68 Å². The van der Waals surface area contributed by atoms with Gasteiger partial charge in [0.05, 0.1) is 24.6 Å². The molecular formula is C19H20N6O3S. The molecule has 1 fully saturated rings. The first-order valence-corrected chi connectivity index (χ1v) is 10.2. The number of anilines is 1. The van der Waals surface area contributed by atoms with Gasteiger partial charge < -0.3 is 15.0 Å². The number of amides is 1. The molecule has 0 bridgehead atoms. The molecule has 0 atom stereocenters. The van der Waals surface area contributed by atoms with E-state index >= 15 is 0 Å². The zero-order valence-corrected chi connectivity index (χ0v) is 16.5. The molecule has 3 aromatic rings. The Morgan fingerprint density at radius 2 is 2.00 bits per heavy atom. The normalized spacial score (nSPS) is 14.0. The van der Waals surface area contributed by atoms with Crippen molar-refractivity contribution in [1.82, 2.24) is 25.3 Å². The Bertz CT molecular complexity index is 1010. The lowest BCUT2D eigenvalue weighted by Gasteiger charge is -2.27. The third kappa shape index (κ3) is 4.66. The van der Waals surface area contributed by atoms with E-state index in [-0.39, 0.29) is 30.2 Å². The predicted octanol–water partition coefficient (Wildman–Crippen LogP) is 1.03. The van der Waals surface area contributed by atoms with Crippen LogP contribution in [-0.4, -0.2) is 58.7 Å². The van der Waals surface area contributed by atoms with E-state index < -0.39 is 0 Å². The van der Waals surface area contributed by atoms with Gasteiger partial charge in [0.2, 0.25) is 0 Å². The maximum atomic E-state index is 12.3. The summed E-state index contributed by atoms with van der Waals surface area (Å²) in [4.78, 5) is 27.4. The zero-order chi connectivity index (χ0) is 20.1. The summed E-state index contributed by atoms with van der Waals surface area (Å²) in [7, 11) is 0. The summed E-state index contributed by atoms with van der Waals surface area (Å²) < 4.78 is 6.67. The van der Waals surface area contributed by atoms with Crippen LogP contribution in [0.2, 0.25) is 0 Å². The van der Waals surface area contributed by atoms with Crippen LogP contribution in [0.3, 0.4) is 0 Å². The number of carbonyl (C=O) groups is 1. The highest BCUT2D eigenvalue weighted by Gasteiger charge is 2.14. The van der Waals surface area contributed by atoms with Gasteiger partial charge in [0.1, 0.15) is 5.69 Å². The van der Waals surface area contributed by atoms with Gasteiger partial charge in [0.25, 0.3) is 11.5 Å². The second-order valence-corrected chi connectivity index (χ2v) is 7.34. The molecule has 4 heterocycles. The highest BCUT2D eigenvalue weighted by atomic mass is 32.1. The van der Waals surface area contributed by atoms with Gasteiger partial charge in [-0.3, -0.25) is 9.59 Å². The molecule has 0 radical (unpaired) electrons. The zero-order valence-electron chi connectivity index (χ0n) is 15.7. The van der Waals surface area contributed by atoms with E-state index in [0.29, 0.717) is 13.2 Å². The van der Waals surface area contributed by atoms with Crippen LogP contribution in [-0.2, 0) is 11.3 Å². The maximum absolute atomic E-state index is 12.3. The first kappa shape index (κ1) is 19.2. The van der Waals surface area contributed by atoms with Crippen LogP contribution in [0.25, 0.3) is 10.6 Å². The van der Waals surface area contributed by atoms with Crippen LogP contribution < -0.4 is 15.8 Å². The van der Waals surface area contributed by atoms with Crippen molar-refractivity contribution < 1.29 is 9.53 Å². The van der Waals surface area contributed by atoms with Gasteiger partial charge in [-0.05, 0) is 29.6 Å². The number of hydrogen-bond donors (Lipinski definition) is 1. The Morgan fingerprint density at radius 3 is 2.72 bits per heavy atom. The van der Waals surface area contributed by atoms with Gasteiger partial charge in [-0.1, -0.05) is 6.07 Å². The first-order chi connectivity index (χ1) is 14.2. The van der Waals surface area contributed by atoms with E-state index in [2.05, 4.69) is 25.5 Å². The second-order valence-electron chi connectivity index (χ2n) is 6.39. The number of ether oxygens (including phenoxy) is 1. The Labute approximate surface area is 171 Å². The molecule has 9 nitrogen and oxygen atoms in total. The van der Waals surface area contributed by atoms with Crippen molar-refractivity contribution >= 4 is 23.1 Å². The van der Waals surface area contributed by atoms with Crippen molar-refractivity contribution in [3.8, 4) is 10.6 Å². The number of aromatic nitrogens is 4. The van der Waals surface area contributed by atoms with E-state index in [1.54, 1.807) is 29.5 Å². The molecule has 0 spiro atoms. The lowest BCUT2D eigenvalue weighted by Crippen LogP contribution is -2.37. The summed E-state index contributed by atoms with van der Waals surface area (Å²) in [6.45, 7) is 3.35. The molecule has 0 aliphatic carbocycles. The number of thiophene rings is 1. The van der Waals surface area contributed by atoms with E-state index in [4.69, 9.17) is 4.74 Å². The smallest absolute Gasteiger partial charge is 0.271 e. The number of hydrogen-bond acceptors (Lipinski definition) is 8. The number of carbonyl (C=O) groups excluding carboxylic acids is 1. The number of nitrogens with one attached hydrogen (secondary N) is 1. The molecular weight excluding hydrogens is 392 g/mol. The molecule has 0 unspecified atom stereocenters. The van der Waals surface area contributed by atoms with Crippen LogP contribution >= 0.6 is 11.3 Å². The Balaban J connectivity index is 1.34. The van der Waals surface area contributed by atoms with E-state index in [9.17, 15) is 9.59 Å². The summed E-state index contributed by atoms with van der Waals surface area (Å²) in [5, 5.41) is 17.2. The number of morpholine rings is 1. The largest absolute Gasteiger partial charge is 0.378 e. The molecule has 29 heavy (non-hydrogen) atoms. The second kappa shape index (κ2) is 8.93. The molecule has 0 aromatic carbocycles. The highest BCUT2D eigenvalue weighted by Crippen LogP contribution is 2.21.